The molecule has 1 aromatic heterocycles. The molecular formula is C23H23N3O3. The summed E-state index contributed by atoms with van der Waals surface area (Å²) in [5.74, 6) is -0.109. The molecule has 2 aromatic carbocycles. The molecule has 0 bridgehead atoms. The van der Waals surface area contributed by atoms with Crippen molar-refractivity contribution < 1.29 is 14.3 Å². The molecule has 1 N–H and O–H groups in total. The molecule has 29 heavy (non-hydrogen) atoms. The Morgan fingerprint density at radius 1 is 1.03 bits per heavy atom. The molecule has 0 fully saturated rings. The van der Waals surface area contributed by atoms with E-state index >= 15 is 0 Å². The number of ether oxygens (including phenoxy) is 1. The third-order valence-corrected chi connectivity index (χ3v) is 4.51. The van der Waals surface area contributed by atoms with Crippen molar-refractivity contribution in [1.82, 2.24) is 4.98 Å². The van der Waals surface area contributed by atoms with Gasteiger partial charge in [0, 0.05) is 24.8 Å². The second kappa shape index (κ2) is 9.50. The van der Waals surface area contributed by atoms with E-state index < -0.39 is 5.97 Å². The van der Waals surface area contributed by atoms with Crippen LogP contribution in [0, 0.1) is 0 Å². The molecule has 1 amide bonds. The predicted molar refractivity (Wildman–Crippen MR) is 113 cm³/mol. The number of nitrogens with zero attached hydrogens (tertiary/aromatic N) is 2. The number of carbonyl (C=O) groups excluding carboxylic acids is 2. The van der Waals surface area contributed by atoms with Crippen LogP contribution in [0.3, 0.4) is 0 Å². The zero-order chi connectivity index (χ0) is 20.6. The van der Waals surface area contributed by atoms with Crippen molar-refractivity contribution in [2.75, 3.05) is 23.9 Å². The number of hydrogen-bond acceptors (Lipinski definition) is 5. The average molecular weight is 389 g/mol. The van der Waals surface area contributed by atoms with Gasteiger partial charge in [0.15, 0.2) is 0 Å². The van der Waals surface area contributed by atoms with Crippen LogP contribution in [-0.4, -0.2) is 30.5 Å². The molecule has 0 atom stereocenters. The van der Waals surface area contributed by atoms with E-state index in [0.29, 0.717) is 29.2 Å². The molecule has 148 valence electrons. The Balaban J connectivity index is 1.80. The Hall–Kier alpha value is -3.67. The molecule has 3 aromatic rings. The van der Waals surface area contributed by atoms with Crippen LogP contribution < -0.4 is 10.2 Å². The summed E-state index contributed by atoms with van der Waals surface area (Å²) >= 11 is 0. The third kappa shape index (κ3) is 4.99. The summed E-state index contributed by atoms with van der Waals surface area (Å²) in [4.78, 5) is 31.2. The number of rotatable bonds is 7. The number of pyridine rings is 1. The summed E-state index contributed by atoms with van der Waals surface area (Å²) in [7, 11) is 1.31. The maximum Gasteiger partial charge on any atom is 0.339 e. The molecule has 3 rings (SSSR count). The van der Waals surface area contributed by atoms with E-state index in [2.05, 4.69) is 27.3 Å². The Morgan fingerprint density at radius 2 is 1.76 bits per heavy atom. The fourth-order valence-corrected chi connectivity index (χ4v) is 2.97. The normalized spacial score (nSPS) is 10.3. The van der Waals surface area contributed by atoms with E-state index in [1.807, 2.05) is 25.1 Å². The molecule has 0 spiro atoms. The lowest BCUT2D eigenvalue weighted by molar-refractivity contribution is 0.0602. The molecule has 0 saturated heterocycles. The standard InChI is InChI=1S/C23H23N3O3/c1-3-26(16-17-9-5-4-6-10-17)21-15-18(13-14-24-21)22(27)25-20-12-8-7-11-19(20)23(28)29-2/h4-15H,3,16H2,1-2H3,(H,25,27). The van der Waals surface area contributed by atoms with Crippen molar-refractivity contribution in [3.8, 4) is 0 Å². The van der Waals surface area contributed by atoms with Crippen molar-refractivity contribution in [3.05, 3.63) is 89.6 Å². The first-order valence-electron chi connectivity index (χ1n) is 9.36. The molecule has 0 radical (unpaired) electrons. The van der Waals surface area contributed by atoms with Gasteiger partial charge >= 0.3 is 5.97 Å². The van der Waals surface area contributed by atoms with Gasteiger partial charge in [-0.05, 0) is 36.8 Å². The Kier molecular flexibility index (Phi) is 6.58. The number of esters is 1. The van der Waals surface area contributed by atoms with Crippen LogP contribution in [0.5, 0.6) is 0 Å². The summed E-state index contributed by atoms with van der Waals surface area (Å²) in [5, 5.41) is 2.79. The highest BCUT2D eigenvalue weighted by Gasteiger charge is 2.16. The zero-order valence-electron chi connectivity index (χ0n) is 16.5. The molecule has 0 aliphatic carbocycles. The average Bonchev–Trinajstić information content (AvgIpc) is 2.78. The fourth-order valence-electron chi connectivity index (χ4n) is 2.97. The molecule has 0 unspecified atom stereocenters. The van der Waals surface area contributed by atoms with Crippen molar-refractivity contribution >= 4 is 23.4 Å². The van der Waals surface area contributed by atoms with Crippen LogP contribution in [-0.2, 0) is 11.3 Å². The zero-order valence-corrected chi connectivity index (χ0v) is 16.5. The topological polar surface area (TPSA) is 71.5 Å². The van der Waals surface area contributed by atoms with Crippen LogP contribution in [0.1, 0.15) is 33.2 Å². The highest BCUT2D eigenvalue weighted by atomic mass is 16.5. The van der Waals surface area contributed by atoms with Crippen LogP contribution in [0.2, 0.25) is 0 Å². The molecule has 0 saturated carbocycles. The number of anilines is 2. The minimum Gasteiger partial charge on any atom is -0.465 e. The lowest BCUT2D eigenvalue weighted by atomic mass is 10.1. The molecule has 6 heteroatoms. The Labute approximate surface area is 170 Å². The maximum atomic E-state index is 12.8. The van der Waals surface area contributed by atoms with Gasteiger partial charge in [-0.15, -0.1) is 0 Å². The van der Waals surface area contributed by atoms with Gasteiger partial charge in [-0.3, -0.25) is 4.79 Å². The predicted octanol–water partition coefficient (Wildman–Crippen LogP) is 4.15. The van der Waals surface area contributed by atoms with Crippen LogP contribution >= 0.6 is 0 Å². The number of nitrogens with one attached hydrogen (secondary N) is 1. The summed E-state index contributed by atoms with van der Waals surface area (Å²) < 4.78 is 4.78. The lowest BCUT2D eigenvalue weighted by Gasteiger charge is -2.22. The Morgan fingerprint density at radius 3 is 2.48 bits per heavy atom. The second-order valence-corrected chi connectivity index (χ2v) is 6.39. The van der Waals surface area contributed by atoms with Crippen molar-refractivity contribution in [2.24, 2.45) is 0 Å². The summed E-state index contributed by atoms with van der Waals surface area (Å²) in [5.41, 5.74) is 2.33. The van der Waals surface area contributed by atoms with Gasteiger partial charge < -0.3 is 15.0 Å². The van der Waals surface area contributed by atoms with E-state index in [0.717, 1.165) is 12.1 Å². The molecule has 0 aliphatic rings. The quantitative estimate of drug-likeness (QED) is 0.615. The van der Waals surface area contributed by atoms with Crippen molar-refractivity contribution in [1.29, 1.82) is 0 Å². The van der Waals surface area contributed by atoms with Crippen molar-refractivity contribution in [2.45, 2.75) is 13.5 Å². The largest absolute Gasteiger partial charge is 0.465 e. The van der Waals surface area contributed by atoms with E-state index in [1.165, 1.54) is 7.11 Å². The first kappa shape index (κ1) is 20.1. The number of methoxy groups -OCH3 is 1. The van der Waals surface area contributed by atoms with E-state index in [4.69, 9.17) is 4.74 Å². The maximum absolute atomic E-state index is 12.8. The third-order valence-electron chi connectivity index (χ3n) is 4.51. The smallest absolute Gasteiger partial charge is 0.339 e. The summed E-state index contributed by atoms with van der Waals surface area (Å²) in [6.45, 7) is 3.49. The molecule has 1 heterocycles. The van der Waals surface area contributed by atoms with E-state index in [9.17, 15) is 9.59 Å². The van der Waals surface area contributed by atoms with E-state index in [-0.39, 0.29) is 5.91 Å². The number of benzene rings is 2. The minimum absolute atomic E-state index is 0.303. The number of aromatic nitrogens is 1. The number of amides is 1. The lowest BCUT2D eigenvalue weighted by Crippen LogP contribution is -2.24. The van der Waals surface area contributed by atoms with Gasteiger partial charge in [0.1, 0.15) is 5.82 Å². The van der Waals surface area contributed by atoms with Gasteiger partial charge in [0.05, 0.1) is 18.4 Å². The summed E-state index contributed by atoms with van der Waals surface area (Å²) in [6.07, 6.45) is 1.62. The molecule has 6 nitrogen and oxygen atoms in total. The number of para-hydroxylation sites is 1. The van der Waals surface area contributed by atoms with Gasteiger partial charge in [-0.2, -0.15) is 0 Å². The fraction of sp³-hybridized carbons (Fsp3) is 0.174. The van der Waals surface area contributed by atoms with Gasteiger partial charge in [0.2, 0.25) is 0 Å². The Bertz CT molecular complexity index is 989. The molecule has 0 aliphatic heterocycles. The van der Waals surface area contributed by atoms with Gasteiger partial charge in [-0.1, -0.05) is 42.5 Å². The minimum atomic E-state index is -0.503. The van der Waals surface area contributed by atoms with E-state index in [1.54, 1.807) is 42.6 Å². The SMILES string of the molecule is CCN(Cc1ccccc1)c1cc(C(=O)Nc2ccccc2C(=O)OC)ccn1. The van der Waals surface area contributed by atoms with Crippen LogP contribution in [0.25, 0.3) is 0 Å². The van der Waals surface area contributed by atoms with Crippen LogP contribution in [0.4, 0.5) is 11.5 Å². The second-order valence-electron chi connectivity index (χ2n) is 6.39. The van der Waals surface area contributed by atoms with Crippen molar-refractivity contribution in [3.63, 3.8) is 0 Å². The highest BCUT2D eigenvalue weighted by Crippen LogP contribution is 2.19. The van der Waals surface area contributed by atoms with Crippen LogP contribution in [0.15, 0.2) is 72.9 Å². The van der Waals surface area contributed by atoms with Gasteiger partial charge in [0.25, 0.3) is 5.91 Å². The van der Waals surface area contributed by atoms with Gasteiger partial charge in [-0.25, -0.2) is 9.78 Å². The number of carbonyl (C=O) groups is 2. The number of hydrogen-bond donors (Lipinski definition) is 1. The summed E-state index contributed by atoms with van der Waals surface area (Å²) in [6, 6.07) is 20.2. The first-order valence-corrected chi connectivity index (χ1v) is 9.36. The monoisotopic (exact) mass is 389 g/mol. The highest BCUT2D eigenvalue weighted by molar-refractivity contribution is 6.08. The molecular weight excluding hydrogens is 366 g/mol. The first-order chi connectivity index (χ1) is 14.1.